The van der Waals surface area contributed by atoms with Gasteiger partial charge in [0, 0.05) is 36.3 Å². The Labute approximate surface area is 240 Å². The monoisotopic (exact) mass is 604 g/mol. The van der Waals surface area contributed by atoms with E-state index in [1.807, 2.05) is 37.3 Å². The molecule has 3 N–H and O–H groups in total. The zero-order valence-corrected chi connectivity index (χ0v) is 24.9. The number of nitrogens with zero attached hydrogens (tertiary/aromatic N) is 2. The van der Waals surface area contributed by atoms with Crippen LogP contribution in [0.25, 0.3) is 10.9 Å². The van der Waals surface area contributed by atoms with Gasteiger partial charge in [0.25, 0.3) is 5.91 Å². The molecule has 3 aromatic rings. The second kappa shape index (κ2) is 12.8. The molecule has 1 aliphatic heterocycles. The summed E-state index contributed by atoms with van der Waals surface area (Å²) in [5, 5.41) is 9.22. The van der Waals surface area contributed by atoms with Crippen LogP contribution in [0.2, 0.25) is 0 Å². The number of hydroxylamine groups is 1. The van der Waals surface area contributed by atoms with Crippen molar-refractivity contribution in [1.29, 1.82) is 0 Å². The van der Waals surface area contributed by atoms with E-state index < -0.39 is 42.3 Å². The number of fused-ring (bicyclic) bond motifs is 1. The van der Waals surface area contributed by atoms with Gasteiger partial charge in [-0.25, -0.2) is 27.0 Å². The number of piperidine rings is 1. The summed E-state index contributed by atoms with van der Waals surface area (Å²) in [5.74, 6) is -0.292. The Balaban J connectivity index is 1.38. The lowest BCUT2D eigenvalue weighted by molar-refractivity contribution is -0.135. The highest BCUT2D eigenvalue weighted by molar-refractivity contribution is 7.92. The quantitative estimate of drug-likeness (QED) is 0.221. The molecule has 1 aromatic heterocycles. The molecule has 0 radical (unpaired) electrons. The fourth-order valence-electron chi connectivity index (χ4n) is 5.03. The van der Waals surface area contributed by atoms with Gasteiger partial charge >= 0.3 is 0 Å². The van der Waals surface area contributed by atoms with Crippen molar-refractivity contribution in [2.45, 2.75) is 61.7 Å². The lowest BCUT2D eigenvalue weighted by atomic mass is 10.1. The Bertz CT molecular complexity index is 1590. The van der Waals surface area contributed by atoms with Gasteiger partial charge < -0.3 is 4.74 Å². The lowest BCUT2D eigenvalue weighted by Crippen LogP contribution is -2.55. The molecule has 222 valence electrons. The topological polar surface area (TPSA) is 155 Å². The number of para-hydroxylation sites is 1. The third kappa shape index (κ3) is 7.22. The molecule has 1 amide bonds. The smallest absolute Gasteiger partial charge is 0.262 e. The van der Waals surface area contributed by atoms with E-state index in [4.69, 9.17) is 4.74 Å². The fraction of sp³-hybridized carbons (Fsp3) is 0.429. The van der Waals surface area contributed by atoms with Crippen molar-refractivity contribution < 1.29 is 31.6 Å². The van der Waals surface area contributed by atoms with Gasteiger partial charge in [0.2, 0.25) is 10.0 Å². The number of amides is 1. The number of rotatable bonds is 11. The molecule has 11 nitrogen and oxygen atoms in total. The molecule has 0 spiro atoms. The third-order valence-electron chi connectivity index (χ3n) is 7.38. The number of benzene rings is 2. The minimum atomic E-state index is -4.00. The number of nitrogens with one attached hydrogen (secondary N) is 2. The summed E-state index contributed by atoms with van der Waals surface area (Å²) in [6.07, 6.45) is 0.636. The number of ether oxygens (including phenoxy) is 1. The summed E-state index contributed by atoms with van der Waals surface area (Å²) in [4.78, 5) is 18.6. The van der Waals surface area contributed by atoms with E-state index in [1.54, 1.807) is 36.4 Å². The fourth-order valence-corrected chi connectivity index (χ4v) is 7.70. The van der Waals surface area contributed by atoms with Crippen LogP contribution in [0, 0.1) is 6.92 Å². The molecule has 0 aliphatic carbocycles. The van der Waals surface area contributed by atoms with Gasteiger partial charge in [-0.3, -0.25) is 19.9 Å². The minimum Gasteiger partial charge on any atom is -0.489 e. The molecule has 41 heavy (non-hydrogen) atoms. The van der Waals surface area contributed by atoms with E-state index in [9.17, 15) is 26.8 Å². The zero-order chi connectivity index (χ0) is 29.8. The van der Waals surface area contributed by atoms with Crippen molar-refractivity contribution in [2.24, 2.45) is 0 Å². The van der Waals surface area contributed by atoms with Crippen molar-refractivity contribution in [1.82, 2.24) is 20.1 Å². The van der Waals surface area contributed by atoms with Crippen molar-refractivity contribution >= 4 is 36.7 Å². The summed E-state index contributed by atoms with van der Waals surface area (Å²) in [6.45, 7) is 5.71. The van der Waals surface area contributed by atoms with Crippen LogP contribution in [0.1, 0.15) is 37.9 Å². The molecule has 1 saturated heterocycles. The number of sulfone groups is 1. The predicted octanol–water partition coefficient (Wildman–Crippen LogP) is 2.56. The van der Waals surface area contributed by atoms with Gasteiger partial charge in [-0.15, -0.1) is 0 Å². The van der Waals surface area contributed by atoms with Crippen LogP contribution in [0.5, 0.6) is 5.75 Å². The molecular formula is C28H36N4O7S2. The standard InChI is InChI=1S/C28H36N4O7S2/c1-19(2)40(35,36)23-12-14-32(15-13-23)27(28(33)31-34)17-29-41(37,38)24-10-8-22(9-11-24)39-18-21-16-20(3)30-26-7-5-4-6-25(21)26/h4-11,16,19,23,27,29,34H,12-15,17-18H2,1-3H3,(H,31,33)/t27-/m0/s1. The van der Waals surface area contributed by atoms with E-state index >= 15 is 0 Å². The second-order valence-electron chi connectivity index (χ2n) is 10.4. The number of carbonyl (C=O) groups is 1. The lowest BCUT2D eigenvalue weighted by Gasteiger charge is -2.36. The largest absolute Gasteiger partial charge is 0.489 e. The zero-order valence-electron chi connectivity index (χ0n) is 23.3. The van der Waals surface area contributed by atoms with Crippen LogP contribution in [0.3, 0.4) is 0 Å². The van der Waals surface area contributed by atoms with Gasteiger partial charge in [0.15, 0.2) is 9.84 Å². The number of carbonyl (C=O) groups excluding carboxylic acids is 1. The molecule has 4 rings (SSSR count). The van der Waals surface area contributed by atoms with Crippen LogP contribution in [0.15, 0.2) is 59.5 Å². The normalized spacial score (nSPS) is 16.1. The summed E-state index contributed by atoms with van der Waals surface area (Å²) >= 11 is 0. The molecule has 1 aliphatic rings. The van der Waals surface area contributed by atoms with Gasteiger partial charge in [0.05, 0.1) is 20.9 Å². The number of sulfonamides is 1. The predicted molar refractivity (Wildman–Crippen MR) is 155 cm³/mol. The van der Waals surface area contributed by atoms with Gasteiger partial charge in [-0.2, -0.15) is 0 Å². The maximum atomic E-state index is 13.0. The molecular weight excluding hydrogens is 568 g/mol. The molecule has 1 atom stereocenters. The first-order valence-electron chi connectivity index (χ1n) is 13.4. The summed E-state index contributed by atoms with van der Waals surface area (Å²) in [7, 11) is -7.28. The highest BCUT2D eigenvalue weighted by Gasteiger charge is 2.36. The van der Waals surface area contributed by atoms with E-state index in [-0.39, 0.29) is 31.1 Å². The summed E-state index contributed by atoms with van der Waals surface area (Å²) in [6, 6.07) is 14.7. The minimum absolute atomic E-state index is 0.0139. The van der Waals surface area contributed by atoms with Crippen molar-refractivity contribution in [3.63, 3.8) is 0 Å². The average molecular weight is 605 g/mol. The number of aromatic nitrogens is 1. The van der Waals surface area contributed by atoms with Crippen LogP contribution in [0.4, 0.5) is 0 Å². The number of pyridine rings is 1. The molecule has 0 saturated carbocycles. The molecule has 2 aromatic carbocycles. The number of aryl methyl sites for hydroxylation is 1. The Morgan fingerprint density at radius 1 is 1.07 bits per heavy atom. The Morgan fingerprint density at radius 3 is 2.37 bits per heavy atom. The van der Waals surface area contributed by atoms with Crippen molar-refractivity contribution in [3.05, 3.63) is 65.9 Å². The molecule has 1 fully saturated rings. The van der Waals surface area contributed by atoms with Gasteiger partial charge in [0.1, 0.15) is 18.4 Å². The van der Waals surface area contributed by atoms with Crippen LogP contribution >= 0.6 is 0 Å². The van der Waals surface area contributed by atoms with Crippen LogP contribution < -0.4 is 14.9 Å². The van der Waals surface area contributed by atoms with Gasteiger partial charge in [-0.1, -0.05) is 18.2 Å². The van der Waals surface area contributed by atoms with Crippen molar-refractivity contribution in [3.8, 4) is 5.75 Å². The number of likely N-dealkylation sites (tertiary alicyclic amines) is 1. The third-order valence-corrected chi connectivity index (χ3v) is 11.5. The van der Waals surface area contributed by atoms with E-state index in [0.29, 0.717) is 18.6 Å². The first kappa shape index (κ1) is 30.8. The first-order chi connectivity index (χ1) is 19.4. The van der Waals surface area contributed by atoms with E-state index in [0.717, 1.165) is 22.2 Å². The Morgan fingerprint density at radius 2 is 1.73 bits per heavy atom. The SMILES string of the molecule is Cc1cc(COc2ccc(S(=O)(=O)NC[C@@H](C(=O)NO)N3CCC(S(=O)(=O)C(C)C)CC3)cc2)c2ccccc2n1. The molecule has 0 unspecified atom stereocenters. The maximum Gasteiger partial charge on any atom is 0.262 e. The maximum absolute atomic E-state index is 13.0. The highest BCUT2D eigenvalue weighted by atomic mass is 32.2. The summed E-state index contributed by atoms with van der Waals surface area (Å²) in [5.41, 5.74) is 4.30. The van der Waals surface area contributed by atoms with Crippen LogP contribution in [-0.4, -0.2) is 74.0 Å². The Hall–Kier alpha value is -3.10. The number of hydrogen-bond donors (Lipinski definition) is 3. The first-order valence-corrected chi connectivity index (χ1v) is 16.5. The average Bonchev–Trinajstić information content (AvgIpc) is 2.96. The highest BCUT2D eigenvalue weighted by Crippen LogP contribution is 2.24. The molecule has 0 bridgehead atoms. The number of hydrogen-bond acceptors (Lipinski definition) is 9. The summed E-state index contributed by atoms with van der Waals surface area (Å²) < 4.78 is 59.4. The Kier molecular flexibility index (Phi) is 9.65. The molecule has 2 heterocycles. The van der Waals surface area contributed by atoms with E-state index in [1.165, 1.54) is 12.1 Å². The van der Waals surface area contributed by atoms with E-state index in [2.05, 4.69) is 9.71 Å². The van der Waals surface area contributed by atoms with Crippen molar-refractivity contribution in [2.75, 3.05) is 19.6 Å². The van der Waals surface area contributed by atoms with Gasteiger partial charge in [-0.05, 0) is 70.0 Å². The molecule has 13 heteroatoms. The van der Waals surface area contributed by atoms with Crippen LogP contribution in [-0.2, 0) is 31.3 Å². The second-order valence-corrected chi connectivity index (χ2v) is 15.0.